The van der Waals surface area contributed by atoms with Crippen LogP contribution < -0.4 is 10.1 Å². The number of benzene rings is 4. The molecule has 3 aliphatic rings. The number of carbonyl (C=O) groups excluding carboxylic acids is 2. The van der Waals surface area contributed by atoms with E-state index < -0.39 is 6.09 Å². The van der Waals surface area contributed by atoms with Gasteiger partial charge in [-0.2, -0.15) is 0 Å². The number of carbonyl (C=O) groups is 2. The van der Waals surface area contributed by atoms with E-state index in [2.05, 4.69) is 10.2 Å². The summed E-state index contributed by atoms with van der Waals surface area (Å²) in [7, 11) is 0. The Morgan fingerprint density at radius 1 is 0.767 bits per heavy atom. The van der Waals surface area contributed by atoms with Crippen molar-refractivity contribution < 1.29 is 23.8 Å². The second-order valence-corrected chi connectivity index (χ2v) is 11.2. The first-order valence-corrected chi connectivity index (χ1v) is 14.9. The minimum Gasteiger partial charge on any atom is -0.489 e. The van der Waals surface area contributed by atoms with Gasteiger partial charge in [-0.1, -0.05) is 84.9 Å². The van der Waals surface area contributed by atoms with Gasteiger partial charge in [0.25, 0.3) is 0 Å². The van der Waals surface area contributed by atoms with E-state index in [1.807, 2.05) is 97.1 Å². The minimum absolute atomic E-state index is 0.0642. The Balaban J connectivity index is 1.08. The monoisotopic (exact) mass is 576 g/mol. The largest absolute Gasteiger partial charge is 0.489 e. The average Bonchev–Trinajstić information content (AvgIpc) is 3.07. The zero-order valence-corrected chi connectivity index (χ0v) is 24.1. The zero-order valence-electron chi connectivity index (χ0n) is 24.1. The maximum atomic E-state index is 13.1. The molecule has 3 aliphatic heterocycles. The topological polar surface area (TPSA) is 77.1 Å². The summed E-state index contributed by atoms with van der Waals surface area (Å²) in [6, 6.07) is 34.1. The molecule has 7 nitrogen and oxygen atoms in total. The number of amides is 1. The van der Waals surface area contributed by atoms with Crippen molar-refractivity contribution >= 4 is 12.1 Å². The summed E-state index contributed by atoms with van der Waals surface area (Å²) in [6.45, 7) is 3.56. The van der Waals surface area contributed by atoms with Crippen LogP contribution in [0.25, 0.3) is 0 Å². The van der Waals surface area contributed by atoms with E-state index in [-0.39, 0.29) is 24.7 Å². The number of ether oxygens (including phenoxy) is 3. The zero-order chi connectivity index (χ0) is 29.4. The van der Waals surface area contributed by atoms with E-state index in [9.17, 15) is 9.59 Å². The lowest BCUT2D eigenvalue weighted by atomic mass is 9.86. The third kappa shape index (κ3) is 7.43. The molecule has 4 aromatic carbocycles. The highest BCUT2D eigenvalue weighted by atomic mass is 16.6. The molecule has 0 aromatic heterocycles. The fourth-order valence-electron chi connectivity index (χ4n) is 5.83. The van der Waals surface area contributed by atoms with Gasteiger partial charge in [0.05, 0.1) is 11.6 Å². The minimum atomic E-state index is -0.402. The number of piperidine rings is 3. The molecular formula is C36H36N2O5. The van der Waals surface area contributed by atoms with Gasteiger partial charge in [0, 0.05) is 6.54 Å². The molecule has 0 spiro atoms. The van der Waals surface area contributed by atoms with Crippen molar-refractivity contribution in [2.24, 2.45) is 5.92 Å². The summed E-state index contributed by atoms with van der Waals surface area (Å²) in [5.41, 5.74) is 4.21. The van der Waals surface area contributed by atoms with Gasteiger partial charge in [-0.15, -0.1) is 0 Å². The van der Waals surface area contributed by atoms with Crippen LogP contribution in [0.1, 0.15) is 51.5 Å². The van der Waals surface area contributed by atoms with Gasteiger partial charge in [-0.05, 0) is 78.4 Å². The van der Waals surface area contributed by atoms with Crippen molar-refractivity contribution in [3.05, 3.63) is 137 Å². The molecule has 0 radical (unpaired) electrons. The summed E-state index contributed by atoms with van der Waals surface area (Å²) >= 11 is 0. The van der Waals surface area contributed by atoms with Crippen LogP contribution in [0, 0.1) is 5.92 Å². The first-order chi connectivity index (χ1) is 21.1. The van der Waals surface area contributed by atoms with Crippen LogP contribution in [-0.2, 0) is 22.7 Å². The Morgan fingerprint density at radius 2 is 1.44 bits per heavy atom. The first-order valence-electron chi connectivity index (χ1n) is 14.9. The second kappa shape index (κ2) is 13.6. The Bertz CT molecular complexity index is 1500. The van der Waals surface area contributed by atoms with E-state index in [1.165, 1.54) is 0 Å². The van der Waals surface area contributed by atoms with Gasteiger partial charge >= 0.3 is 12.1 Å². The molecule has 0 saturated carbocycles. The highest BCUT2D eigenvalue weighted by molar-refractivity contribution is 5.89. The third-order valence-corrected chi connectivity index (χ3v) is 8.25. The maximum absolute atomic E-state index is 13.1. The molecule has 3 heterocycles. The highest BCUT2D eigenvalue weighted by Crippen LogP contribution is 2.31. The van der Waals surface area contributed by atoms with Gasteiger partial charge in [0.2, 0.25) is 0 Å². The van der Waals surface area contributed by atoms with Crippen molar-refractivity contribution in [3.8, 4) is 5.75 Å². The van der Waals surface area contributed by atoms with E-state index in [4.69, 9.17) is 14.2 Å². The van der Waals surface area contributed by atoms with E-state index in [0.717, 1.165) is 54.7 Å². The van der Waals surface area contributed by atoms with Crippen molar-refractivity contribution in [2.45, 2.75) is 38.2 Å². The second-order valence-electron chi connectivity index (χ2n) is 11.2. The predicted molar refractivity (Wildman–Crippen MR) is 164 cm³/mol. The number of alkyl carbamates (subject to hydrolysis) is 1. The van der Waals surface area contributed by atoms with Crippen LogP contribution >= 0.6 is 0 Å². The molecule has 7 rings (SSSR count). The SMILES string of the molecule is O=C(N[C@@H](c1ccccc1)c1cccc(OCc2ccc(C(=O)OCc3ccccc3)cc2)c1)O[C@H]1CN2CCC1CC2. The van der Waals surface area contributed by atoms with Crippen LogP contribution in [0.15, 0.2) is 109 Å². The van der Waals surface area contributed by atoms with Crippen molar-refractivity contribution in [2.75, 3.05) is 19.6 Å². The van der Waals surface area contributed by atoms with Crippen LogP contribution in [0.2, 0.25) is 0 Å². The summed E-state index contributed by atoms with van der Waals surface area (Å²) in [4.78, 5) is 27.9. The van der Waals surface area contributed by atoms with Gasteiger partial charge in [-0.3, -0.25) is 4.90 Å². The van der Waals surface area contributed by atoms with Crippen molar-refractivity contribution in [3.63, 3.8) is 0 Å². The maximum Gasteiger partial charge on any atom is 0.408 e. The van der Waals surface area contributed by atoms with Gasteiger partial charge in [-0.25, -0.2) is 9.59 Å². The third-order valence-electron chi connectivity index (χ3n) is 8.25. The quantitative estimate of drug-likeness (QED) is 0.216. The molecule has 2 atom stereocenters. The predicted octanol–water partition coefficient (Wildman–Crippen LogP) is 6.53. The first kappa shape index (κ1) is 28.5. The van der Waals surface area contributed by atoms with E-state index >= 15 is 0 Å². The van der Waals surface area contributed by atoms with Crippen LogP contribution in [0.5, 0.6) is 5.75 Å². The molecule has 43 heavy (non-hydrogen) atoms. The number of fused-ring (bicyclic) bond motifs is 3. The molecule has 0 unspecified atom stereocenters. The summed E-state index contributed by atoms with van der Waals surface area (Å²) < 4.78 is 17.5. The van der Waals surface area contributed by atoms with Crippen LogP contribution in [0.3, 0.4) is 0 Å². The summed E-state index contributed by atoms with van der Waals surface area (Å²) in [5.74, 6) is 0.754. The molecule has 4 aromatic rings. The molecule has 7 heteroatoms. The molecule has 2 bridgehead atoms. The Labute approximate surface area is 252 Å². The van der Waals surface area contributed by atoms with Crippen molar-refractivity contribution in [1.82, 2.24) is 10.2 Å². The normalized spacial score (nSPS) is 19.7. The lowest BCUT2D eigenvalue weighted by Crippen LogP contribution is -2.52. The number of nitrogens with zero attached hydrogens (tertiary/aromatic N) is 1. The molecule has 1 N–H and O–H groups in total. The van der Waals surface area contributed by atoms with Crippen molar-refractivity contribution in [1.29, 1.82) is 0 Å². The number of esters is 1. The molecule has 3 saturated heterocycles. The number of nitrogens with one attached hydrogen (secondary N) is 1. The molecule has 3 fully saturated rings. The van der Waals surface area contributed by atoms with Gasteiger partial charge in [0.1, 0.15) is 25.1 Å². The lowest BCUT2D eigenvalue weighted by Gasteiger charge is -2.43. The van der Waals surface area contributed by atoms with Crippen LogP contribution in [-0.4, -0.2) is 42.7 Å². The van der Waals surface area contributed by atoms with E-state index in [1.54, 1.807) is 12.1 Å². The number of hydrogen-bond acceptors (Lipinski definition) is 6. The summed E-state index contributed by atoms with van der Waals surface area (Å²) in [6.07, 6.45) is 1.70. The Hall–Kier alpha value is -4.62. The fourth-order valence-corrected chi connectivity index (χ4v) is 5.83. The molecular weight excluding hydrogens is 540 g/mol. The number of rotatable bonds is 10. The van der Waals surface area contributed by atoms with Gasteiger partial charge < -0.3 is 19.5 Å². The number of hydrogen-bond donors (Lipinski definition) is 1. The summed E-state index contributed by atoms with van der Waals surface area (Å²) in [5, 5.41) is 3.12. The smallest absolute Gasteiger partial charge is 0.408 e. The molecule has 0 aliphatic carbocycles. The van der Waals surface area contributed by atoms with Crippen LogP contribution in [0.4, 0.5) is 4.79 Å². The van der Waals surface area contributed by atoms with Gasteiger partial charge in [0.15, 0.2) is 0 Å². The standard InChI is InChI=1S/C36H36N2O5/c39-35(42-25-26-8-3-1-4-9-26)30-16-14-27(15-17-30)24-41-32-13-7-12-31(22-32)34(29-10-5-2-6-11-29)37-36(40)43-33-23-38-20-18-28(33)19-21-38/h1-17,22,28,33-34H,18-21,23-25H2,(H,37,40)/t33-,34-/m0/s1. The van der Waals surface area contributed by atoms with E-state index in [0.29, 0.717) is 23.8 Å². The Kier molecular flexibility index (Phi) is 8.99. The molecule has 1 amide bonds. The lowest BCUT2D eigenvalue weighted by molar-refractivity contribution is -0.0336. The highest BCUT2D eigenvalue weighted by Gasteiger charge is 2.36. The fraction of sp³-hybridized carbons (Fsp3) is 0.278. The average molecular weight is 577 g/mol. The Morgan fingerprint density at radius 3 is 2.14 bits per heavy atom. The molecule has 220 valence electrons.